The van der Waals surface area contributed by atoms with Crippen LogP contribution in [0.3, 0.4) is 0 Å². The Morgan fingerprint density at radius 2 is 1.89 bits per heavy atom. The number of methoxy groups -OCH3 is 1. The van der Waals surface area contributed by atoms with E-state index in [9.17, 15) is 0 Å². The molecule has 7 heteroatoms. The van der Waals surface area contributed by atoms with Crippen LogP contribution in [0.15, 0.2) is 67.1 Å². The first kappa shape index (κ1) is 18.6. The monoisotopic (exact) mass is 393 g/mol. The fourth-order valence-electron chi connectivity index (χ4n) is 3.66. The van der Waals surface area contributed by atoms with Crippen LogP contribution in [0.2, 0.25) is 0 Å². The predicted octanol–water partition coefficient (Wildman–Crippen LogP) is 2.95. The van der Waals surface area contributed by atoms with Crippen molar-refractivity contribution in [3.8, 4) is 0 Å². The highest BCUT2D eigenvalue weighted by Crippen LogP contribution is 2.38. The van der Waals surface area contributed by atoms with E-state index in [0.717, 1.165) is 16.5 Å². The summed E-state index contributed by atoms with van der Waals surface area (Å²) >= 11 is 5.66. The Hall–Kier alpha value is -2.77. The molecule has 144 valence electrons. The molecule has 1 N–H and O–H groups in total. The van der Waals surface area contributed by atoms with Gasteiger partial charge in [0.1, 0.15) is 0 Å². The van der Waals surface area contributed by atoms with Crippen molar-refractivity contribution in [2.75, 3.05) is 20.3 Å². The molecule has 0 saturated carbocycles. The molecule has 0 amide bonds. The van der Waals surface area contributed by atoms with Crippen molar-refractivity contribution in [3.05, 3.63) is 84.2 Å². The smallest absolute Gasteiger partial charge is 0.170 e. The van der Waals surface area contributed by atoms with Gasteiger partial charge in [0.05, 0.1) is 36.6 Å². The van der Waals surface area contributed by atoms with Crippen molar-refractivity contribution in [2.24, 2.45) is 0 Å². The molecular formula is C21H23N5OS. The van der Waals surface area contributed by atoms with Crippen molar-refractivity contribution in [2.45, 2.75) is 18.6 Å². The Kier molecular flexibility index (Phi) is 5.64. The van der Waals surface area contributed by atoms with Crippen LogP contribution in [0.5, 0.6) is 0 Å². The van der Waals surface area contributed by atoms with E-state index in [1.54, 1.807) is 7.11 Å². The maximum Gasteiger partial charge on any atom is 0.170 e. The Bertz CT molecular complexity index is 915. The Balaban J connectivity index is 1.70. The number of rotatable bonds is 7. The summed E-state index contributed by atoms with van der Waals surface area (Å²) in [5.41, 5.74) is 3.16. The zero-order valence-electron chi connectivity index (χ0n) is 15.7. The minimum Gasteiger partial charge on any atom is -0.383 e. The summed E-state index contributed by atoms with van der Waals surface area (Å²) in [6.45, 7) is 2.03. The zero-order chi connectivity index (χ0) is 19.3. The second-order valence-corrected chi connectivity index (χ2v) is 7.08. The minimum atomic E-state index is -0.0251. The minimum absolute atomic E-state index is 0.0243. The maximum atomic E-state index is 5.66. The standard InChI is InChI=1S/C21H23N5OS/c1-27-14-13-26-20(19(24-21(26)28)17-8-3-5-11-23-17)18-9-6-12-25(18)15-16-7-2-4-10-22-16/h2-12,19-20H,13-15H2,1H3,(H,24,28)/t19-,20+/m1/s1. The molecule has 4 rings (SSSR count). The van der Waals surface area contributed by atoms with E-state index in [2.05, 4.69) is 43.1 Å². The zero-order valence-corrected chi connectivity index (χ0v) is 16.5. The molecule has 0 aromatic carbocycles. The molecule has 3 aromatic rings. The van der Waals surface area contributed by atoms with Gasteiger partial charge >= 0.3 is 0 Å². The molecule has 1 aliphatic heterocycles. The summed E-state index contributed by atoms with van der Waals surface area (Å²) in [5, 5.41) is 4.19. The van der Waals surface area contributed by atoms with Crippen molar-refractivity contribution in [1.82, 2.24) is 24.8 Å². The molecule has 0 spiro atoms. The first-order chi connectivity index (χ1) is 13.8. The lowest BCUT2D eigenvalue weighted by Gasteiger charge is -2.28. The predicted molar refractivity (Wildman–Crippen MR) is 112 cm³/mol. The van der Waals surface area contributed by atoms with E-state index in [4.69, 9.17) is 17.0 Å². The van der Waals surface area contributed by atoms with Gasteiger partial charge in [0.25, 0.3) is 0 Å². The van der Waals surface area contributed by atoms with Crippen LogP contribution < -0.4 is 5.32 Å². The van der Waals surface area contributed by atoms with Gasteiger partial charge in [0.2, 0.25) is 0 Å². The molecule has 3 aromatic heterocycles. The molecule has 0 radical (unpaired) electrons. The topological polar surface area (TPSA) is 55.2 Å². The van der Waals surface area contributed by atoms with Gasteiger partial charge in [-0.25, -0.2) is 0 Å². The number of aromatic nitrogens is 3. The highest BCUT2D eigenvalue weighted by molar-refractivity contribution is 7.80. The molecule has 0 unspecified atom stereocenters. The number of hydrogen-bond donors (Lipinski definition) is 1. The number of ether oxygens (including phenoxy) is 1. The number of nitrogens with one attached hydrogen (secondary N) is 1. The Morgan fingerprint density at radius 3 is 2.61 bits per heavy atom. The Morgan fingerprint density at radius 1 is 1.07 bits per heavy atom. The number of thiocarbonyl (C=S) groups is 1. The lowest BCUT2D eigenvalue weighted by Crippen LogP contribution is -2.33. The normalized spacial score (nSPS) is 19.0. The average molecular weight is 394 g/mol. The molecule has 28 heavy (non-hydrogen) atoms. The summed E-state index contributed by atoms with van der Waals surface area (Å²) in [4.78, 5) is 11.3. The van der Waals surface area contributed by atoms with Crippen LogP contribution in [0, 0.1) is 0 Å². The number of nitrogens with zero attached hydrogens (tertiary/aromatic N) is 4. The van der Waals surface area contributed by atoms with Gasteiger partial charge in [-0.3, -0.25) is 9.97 Å². The summed E-state index contributed by atoms with van der Waals surface area (Å²) in [6.07, 6.45) is 5.74. The molecule has 6 nitrogen and oxygen atoms in total. The second-order valence-electron chi connectivity index (χ2n) is 6.69. The van der Waals surface area contributed by atoms with Crippen LogP contribution in [-0.2, 0) is 11.3 Å². The van der Waals surface area contributed by atoms with Gasteiger partial charge in [-0.1, -0.05) is 12.1 Å². The Labute approximate surface area is 170 Å². The fraction of sp³-hybridized carbons (Fsp3) is 0.286. The highest BCUT2D eigenvalue weighted by atomic mass is 32.1. The quantitative estimate of drug-likeness (QED) is 0.623. The van der Waals surface area contributed by atoms with E-state index in [0.29, 0.717) is 19.7 Å². The summed E-state index contributed by atoms with van der Waals surface area (Å²) in [7, 11) is 1.71. The van der Waals surface area contributed by atoms with Gasteiger partial charge < -0.3 is 19.5 Å². The van der Waals surface area contributed by atoms with Gasteiger partial charge in [-0.05, 0) is 48.6 Å². The SMILES string of the molecule is COCCN1C(=S)N[C@H](c2ccccn2)[C@@H]1c1cccn1Cc1ccccn1. The van der Waals surface area contributed by atoms with Crippen molar-refractivity contribution in [3.63, 3.8) is 0 Å². The fourth-order valence-corrected chi connectivity index (χ4v) is 4.00. The third-order valence-corrected chi connectivity index (χ3v) is 5.31. The molecule has 1 saturated heterocycles. The van der Waals surface area contributed by atoms with Crippen LogP contribution in [0.4, 0.5) is 0 Å². The van der Waals surface area contributed by atoms with Gasteiger partial charge in [0.15, 0.2) is 5.11 Å². The second kappa shape index (κ2) is 8.50. The van der Waals surface area contributed by atoms with E-state index in [1.165, 1.54) is 5.69 Å². The molecule has 1 fully saturated rings. The van der Waals surface area contributed by atoms with Gasteiger partial charge in [0, 0.05) is 37.9 Å². The van der Waals surface area contributed by atoms with Crippen molar-refractivity contribution >= 4 is 17.3 Å². The van der Waals surface area contributed by atoms with E-state index in [-0.39, 0.29) is 12.1 Å². The third-order valence-electron chi connectivity index (χ3n) is 4.96. The van der Waals surface area contributed by atoms with Crippen LogP contribution in [0.25, 0.3) is 0 Å². The van der Waals surface area contributed by atoms with Crippen LogP contribution in [-0.4, -0.2) is 44.8 Å². The highest BCUT2D eigenvalue weighted by Gasteiger charge is 2.40. The van der Waals surface area contributed by atoms with Crippen LogP contribution >= 0.6 is 12.2 Å². The third kappa shape index (κ3) is 3.76. The van der Waals surface area contributed by atoms with Crippen molar-refractivity contribution < 1.29 is 4.74 Å². The first-order valence-corrected chi connectivity index (χ1v) is 9.70. The van der Waals surface area contributed by atoms with Crippen LogP contribution in [0.1, 0.15) is 29.2 Å². The van der Waals surface area contributed by atoms with E-state index >= 15 is 0 Å². The maximum absolute atomic E-state index is 5.66. The summed E-state index contributed by atoms with van der Waals surface area (Å²) < 4.78 is 7.56. The molecule has 0 bridgehead atoms. The lowest BCUT2D eigenvalue weighted by molar-refractivity contribution is 0.162. The molecular weight excluding hydrogens is 370 g/mol. The summed E-state index contributed by atoms with van der Waals surface area (Å²) in [5.74, 6) is 0. The van der Waals surface area contributed by atoms with E-state index in [1.807, 2.05) is 48.8 Å². The average Bonchev–Trinajstić information content (AvgIpc) is 3.31. The molecule has 1 aliphatic rings. The van der Waals surface area contributed by atoms with Gasteiger partial charge in [-0.2, -0.15) is 0 Å². The lowest BCUT2D eigenvalue weighted by atomic mass is 10.0. The van der Waals surface area contributed by atoms with Crippen molar-refractivity contribution in [1.29, 1.82) is 0 Å². The number of pyridine rings is 2. The number of hydrogen-bond acceptors (Lipinski definition) is 4. The molecule has 0 aliphatic carbocycles. The summed E-state index contributed by atoms with van der Waals surface area (Å²) in [6, 6.07) is 16.2. The first-order valence-electron chi connectivity index (χ1n) is 9.30. The molecule has 4 heterocycles. The van der Waals surface area contributed by atoms with Gasteiger partial charge in [-0.15, -0.1) is 0 Å². The largest absolute Gasteiger partial charge is 0.383 e. The van der Waals surface area contributed by atoms with E-state index < -0.39 is 0 Å². The molecule has 2 atom stereocenters.